The van der Waals surface area contributed by atoms with Crippen LogP contribution in [0, 0.1) is 6.92 Å². The Bertz CT molecular complexity index is 1120. The van der Waals surface area contributed by atoms with Gasteiger partial charge in [0.15, 0.2) is 11.5 Å². The minimum atomic E-state index is -0.483. The number of carbonyl (C=O) groups excluding carboxylic acids is 2. The highest BCUT2D eigenvalue weighted by molar-refractivity contribution is 6.30. The molecular weight excluding hydrogens is 420 g/mol. The average Bonchev–Trinajstić information content (AvgIpc) is 2.76. The van der Waals surface area contributed by atoms with Crippen LogP contribution in [0.5, 0.6) is 23.0 Å². The van der Waals surface area contributed by atoms with Gasteiger partial charge in [-0.15, -0.1) is 0 Å². The fourth-order valence-corrected chi connectivity index (χ4v) is 3.40. The normalized spacial score (nSPS) is 10.6. The van der Waals surface area contributed by atoms with Crippen LogP contribution in [0.15, 0.2) is 42.5 Å². The van der Waals surface area contributed by atoms with E-state index in [0.29, 0.717) is 15.8 Å². The summed E-state index contributed by atoms with van der Waals surface area (Å²) in [6.45, 7) is 3.57. The number of hydrogen-bond donors (Lipinski definition) is 0. The zero-order valence-electron chi connectivity index (χ0n) is 17.8. The summed E-state index contributed by atoms with van der Waals surface area (Å²) in [6, 6.07) is 12.4. The Morgan fingerprint density at radius 2 is 1.45 bits per heavy atom. The predicted molar refractivity (Wildman–Crippen MR) is 119 cm³/mol. The summed E-state index contributed by atoms with van der Waals surface area (Å²) in [6.07, 6.45) is 0.235. The monoisotopic (exact) mass is 442 g/mol. The van der Waals surface area contributed by atoms with Gasteiger partial charge in [0.25, 0.3) is 0 Å². The second-order valence-electron chi connectivity index (χ2n) is 6.83. The summed E-state index contributed by atoms with van der Waals surface area (Å²) < 4.78 is 22.4. The Hall–Kier alpha value is -3.25. The molecule has 0 saturated heterocycles. The maximum atomic E-state index is 12.7. The van der Waals surface area contributed by atoms with E-state index in [9.17, 15) is 9.59 Å². The largest absolute Gasteiger partial charge is 0.490 e. The van der Waals surface area contributed by atoms with Crippen LogP contribution < -0.4 is 18.9 Å². The van der Waals surface area contributed by atoms with Crippen LogP contribution in [-0.4, -0.2) is 26.2 Å². The molecule has 7 heteroatoms. The number of methoxy groups -OCH3 is 2. The van der Waals surface area contributed by atoms with Gasteiger partial charge in [0.2, 0.25) is 11.5 Å². The standard InChI is InChI=1S/C24H23ClO6/c1-5-18(26)30-22-20-14(2)7-6-8-17(20)21(23(28-3)24(22)29-4)31-19(27)13-15-9-11-16(25)12-10-15/h6-12H,5,13H2,1-4H3. The Labute approximate surface area is 185 Å². The molecule has 0 aliphatic rings. The molecule has 0 N–H and O–H groups in total. The van der Waals surface area contributed by atoms with Crippen LogP contribution in [0.3, 0.4) is 0 Å². The Morgan fingerprint density at radius 1 is 0.839 bits per heavy atom. The van der Waals surface area contributed by atoms with Crippen molar-refractivity contribution < 1.29 is 28.5 Å². The van der Waals surface area contributed by atoms with Crippen molar-refractivity contribution in [2.75, 3.05) is 14.2 Å². The van der Waals surface area contributed by atoms with Gasteiger partial charge in [0, 0.05) is 22.2 Å². The molecule has 0 amide bonds. The van der Waals surface area contributed by atoms with Gasteiger partial charge in [0.1, 0.15) is 0 Å². The van der Waals surface area contributed by atoms with Gasteiger partial charge in [-0.1, -0.05) is 48.9 Å². The molecule has 3 rings (SSSR count). The zero-order chi connectivity index (χ0) is 22.5. The first-order chi connectivity index (χ1) is 14.9. The van der Waals surface area contributed by atoms with Crippen molar-refractivity contribution in [1.29, 1.82) is 0 Å². The second-order valence-corrected chi connectivity index (χ2v) is 7.26. The number of aryl methyl sites for hydroxylation is 1. The predicted octanol–water partition coefficient (Wildman–Crippen LogP) is 5.28. The quantitative estimate of drug-likeness (QED) is 0.366. The van der Waals surface area contributed by atoms with E-state index in [0.717, 1.165) is 11.1 Å². The molecule has 3 aromatic carbocycles. The molecule has 0 aromatic heterocycles. The number of hydrogen-bond acceptors (Lipinski definition) is 6. The lowest BCUT2D eigenvalue weighted by atomic mass is 10.0. The van der Waals surface area contributed by atoms with E-state index in [1.165, 1.54) is 14.2 Å². The molecule has 3 aromatic rings. The molecule has 0 radical (unpaired) electrons. The van der Waals surface area contributed by atoms with E-state index in [4.69, 9.17) is 30.5 Å². The molecule has 0 heterocycles. The molecule has 0 atom stereocenters. The number of ether oxygens (including phenoxy) is 4. The summed E-state index contributed by atoms with van der Waals surface area (Å²) in [5, 5.41) is 1.76. The Kier molecular flexibility index (Phi) is 7.02. The number of benzene rings is 3. The van der Waals surface area contributed by atoms with Crippen molar-refractivity contribution in [1.82, 2.24) is 0 Å². The van der Waals surface area contributed by atoms with Crippen molar-refractivity contribution in [3.63, 3.8) is 0 Å². The van der Waals surface area contributed by atoms with Gasteiger partial charge in [0.05, 0.1) is 20.6 Å². The third kappa shape index (κ3) is 4.75. The van der Waals surface area contributed by atoms with E-state index < -0.39 is 11.9 Å². The van der Waals surface area contributed by atoms with Crippen LogP contribution in [0.25, 0.3) is 10.8 Å². The van der Waals surface area contributed by atoms with Crippen molar-refractivity contribution in [3.8, 4) is 23.0 Å². The first-order valence-corrected chi connectivity index (χ1v) is 10.1. The fourth-order valence-electron chi connectivity index (χ4n) is 3.27. The topological polar surface area (TPSA) is 71.1 Å². The maximum Gasteiger partial charge on any atom is 0.315 e. The van der Waals surface area contributed by atoms with E-state index in [-0.39, 0.29) is 35.8 Å². The summed E-state index contributed by atoms with van der Waals surface area (Å²) in [5.41, 5.74) is 1.58. The van der Waals surface area contributed by atoms with Crippen LogP contribution in [0.2, 0.25) is 5.02 Å². The van der Waals surface area contributed by atoms with Crippen molar-refractivity contribution in [3.05, 3.63) is 58.6 Å². The molecule has 162 valence electrons. The second kappa shape index (κ2) is 9.71. The van der Waals surface area contributed by atoms with Crippen LogP contribution in [0.4, 0.5) is 0 Å². The van der Waals surface area contributed by atoms with E-state index in [2.05, 4.69) is 0 Å². The maximum absolute atomic E-state index is 12.7. The Balaban J connectivity index is 2.13. The minimum Gasteiger partial charge on any atom is -0.490 e. The molecule has 6 nitrogen and oxygen atoms in total. The lowest BCUT2D eigenvalue weighted by molar-refractivity contribution is -0.135. The molecule has 0 fully saturated rings. The Morgan fingerprint density at radius 3 is 2.06 bits per heavy atom. The first-order valence-electron chi connectivity index (χ1n) is 9.72. The number of esters is 2. The van der Waals surface area contributed by atoms with Crippen LogP contribution in [0.1, 0.15) is 24.5 Å². The van der Waals surface area contributed by atoms with Gasteiger partial charge in [-0.3, -0.25) is 9.59 Å². The number of halogens is 1. The molecule has 0 saturated carbocycles. The van der Waals surface area contributed by atoms with Crippen LogP contribution in [-0.2, 0) is 16.0 Å². The van der Waals surface area contributed by atoms with Gasteiger partial charge < -0.3 is 18.9 Å². The van der Waals surface area contributed by atoms with Gasteiger partial charge in [-0.25, -0.2) is 0 Å². The molecule has 0 aliphatic carbocycles. The number of carbonyl (C=O) groups is 2. The summed E-state index contributed by atoms with van der Waals surface area (Å²) in [4.78, 5) is 24.8. The van der Waals surface area contributed by atoms with Crippen molar-refractivity contribution in [2.24, 2.45) is 0 Å². The molecule has 0 unspecified atom stereocenters. The van der Waals surface area contributed by atoms with E-state index in [1.807, 2.05) is 19.1 Å². The van der Waals surface area contributed by atoms with E-state index >= 15 is 0 Å². The zero-order valence-corrected chi connectivity index (χ0v) is 18.5. The number of rotatable bonds is 7. The highest BCUT2D eigenvalue weighted by Gasteiger charge is 2.27. The van der Waals surface area contributed by atoms with E-state index in [1.54, 1.807) is 37.3 Å². The molecular formula is C24H23ClO6. The summed E-state index contributed by atoms with van der Waals surface area (Å²) >= 11 is 5.91. The summed E-state index contributed by atoms with van der Waals surface area (Å²) in [7, 11) is 2.87. The molecule has 31 heavy (non-hydrogen) atoms. The molecule has 0 bridgehead atoms. The highest BCUT2D eigenvalue weighted by Crippen LogP contribution is 2.52. The number of fused-ring (bicyclic) bond motifs is 1. The molecule has 0 aliphatic heterocycles. The molecule has 0 spiro atoms. The van der Waals surface area contributed by atoms with Crippen molar-refractivity contribution >= 4 is 34.3 Å². The lowest BCUT2D eigenvalue weighted by Crippen LogP contribution is -2.14. The third-order valence-electron chi connectivity index (χ3n) is 4.75. The SMILES string of the molecule is CCC(=O)Oc1c(OC)c(OC)c(OC(=O)Cc2ccc(Cl)cc2)c2cccc(C)c12. The van der Waals surface area contributed by atoms with Gasteiger partial charge >= 0.3 is 11.9 Å². The van der Waals surface area contributed by atoms with Gasteiger partial charge in [-0.05, 0) is 30.2 Å². The lowest BCUT2D eigenvalue weighted by Gasteiger charge is -2.20. The minimum absolute atomic E-state index is 0.0442. The van der Waals surface area contributed by atoms with Gasteiger partial charge in [-0.2, -0.15) is 0 Å². The fraction of sp³-hybridized carbons (Fsp3) is 0.250. The first kappa shape index (κ1) is 22.4. The summed E-state index contributed by atoms with van der Waals surface area (Å²) in [5.74, 6) is -0.115. The van der Waals surface area contributed by atoms with Crippen molar-refractivity contribution in [2.45, 2.75) is 26.7 Å². The highest BCUT2D eigenvalue weighted by atomic mass is 35.5. The van der Waals surface area contributed by atoms with Crippen LogP contribution >= 0.6 is 11.6 Å². The smallest absolute Gasteiger partial charge is 0.315 e. The third-order valence-corrected chi connectivity index (χ3v) is 5.01. The average molecular weight is 443 g/mol.